The zero-order valence-corrected chi connectivity index (χ0v) is 15.1. The number of methoxy groups -OCH3 is 2. The van der Waals surface area contributed by atoms with Crippen LogP contribution in [0.25, 0.3) is 0 Å². The molecule has 1 aliphatic rings. The van der Waals surface area contributed by atoms with Crippen LogP contribution < -0.4 is 19.9 Å². The number of amides is 1. The Morgan fingerprint density at radius 1 is 1.42 bits per heavy atom. The first-order valence-corrected chi connectivity index (χ1v) is 8.31. The SMILES string of the molecule is COc1cc(OC)c(/C=N\N=C2\NC(=O)[C@H](CC(=O)[O-])S2)cc1Br. The van der Waals surface area contributed by atoms with Crippen molar-refractivity contribution in [2.75, 3.05) is 14.2 Å². The van der Waals surface area contributed by atoms with Crippen LogP contribution in [-0.4, -0.2) is 42.7 Å². The van der Waals surface area contributed by atoms with E-state index in [9.17, 15) is 14.7 Å². The van der Waals surface area contributed by atoms with Crippen LogP contribution in [-0.2, 0) is 9.59 Å². The van der Waals surface area contributed by atoms with Crippen LogP contribution in [0.2, 0.25) is 0 Å². The van der Waals surface area contributed by atoms with Gasteiger partial charge in [-0.1, -0.05) is 11.8 Å². The van der Waals surface area contributed by atoms with E-state index in [0.29, 0.717) is 17.1 Å². The van der Waals surface area contributed by atoms with Crippen LogP contribution in [0.15, 0.2) is 26.8 Å². The number of benzene rings is 1. The van der Waals surface area contributed by atoms with Crippen LogP contribution in [0, 0.1) is 0 Å². The fourth-order valence-electron chi connectivity index (χ4n) is 1.87. The van der Waals surface area contributed by atoms with Crippen LogP contribution >= 0.6 is 27.7 Å². The molecular weight excluding hydrogens is 402 g/mol. The molecule has 1 fully saturated rings. The van der Waals surface area contributed by atoms with Crippen molar-refractivity contribution >= 4 is 51.0 Å². The van der Waals surface area contributed by atoms with Crippen LogP contribution in [0.1, 0.15) is 12.0 Å². The van der Waals surface area contributed by atoms with E-state index in [1.54, 1.807) is 19.2 Å². The highest BCUT2D eigenvalue weighted by molar-refractivity contribution is 9.10. The summed E-state index contributed by atoms with van der Waals surface area (Å²) in [6, 6.07) is 3.45. The van der Waals surface area contributed by atoms with Gasteiger partial charge in [-0.05, 0) is 22.0 Å². The first kappa shape index (κ1) is 18.3. The quantitative estimate of drug-likeness (QED) is 0.536. The molecule has 8 nitrogen and oxygen atoms in total. The molecule has 1 heterocycles. The van der Waals surface area contributed by atoms with E-state index in [1.807, 2.05) is 0 Å². The number of rotatable bonds is 6. The van der Waals surface area contributed by atoms with Gasteiger partial charge >= 0.3 is 0 Å². The van der Waals surface area contributed by atoms with Gasteiger partial charge in [0.05, 0.1) is 30.2 Å². The smallest absolute Gasteiger partial charge is 0.239 e. The molecule has 0 bridgehead atoms. The van der Waals surface area contributed by atoms with Gasteiger partial charge in [0.2, 0.25) is 5.91 Å². The summed E-state index contributed by atoms with van der Waals surface area (Å²) >= 11 is 4.36. The highest BCUT2D eigenvalue weighted by Gasteiger charge is 2.30. The summed E-state index contributed by atoms with van der Waals surface area (Å²) < 4.78 is 11.2. The maximum absolute atomic E-state index is 11.6. The molecule has 1 amide bonds. The van der Waals surface area contributed by atoms with Gasteiger partial charge in [-0.2, -0.15) is 5.10 Å². The Bertz CT molecular complexity index is 723. The third-order valence-corrected chi connectivity index (χ3v) is 4.67. The lowest BCUT2D eigenvalue weighted by Gasteiger charge is -2.08. The second kappa shape index (κ2) is 8.15. The number of carbonyl (C=O) groups excluding carboxylic acids is 2. The summed E-state index contributed by atoms with van der Waals surface area (Å²) in [7, 11) is 3.06. The average molecular weight is 415 g/mol. The molecule has 0 spiro atoms. The fraction of sp³-hybridized carbons (Fsp3) is 0.286. The van der Waals surface area contributed by atoms with Crippen LogP contribution in [0.5, 0.6) is 11.5 Å². The summed E-state index contributed by atoms with van der Waals surface area (Å²) in [6.45, 7) is 0. The van der Waals surface area contributed by atoms with E-state index in [0.717, 1.165) is 16.2 Å². The number of carbonyl (C=O) groups is 2. The van der Waals surface area contributed by atoms with Crippen LogP contribution in [0.3, 0.4) is 0 Å². The van der Waals surface area contributed by atoms with Crippen molar-refractivity contribution in [1.82, 2.24) is 5.32 Å². The molecule has 1 aliphatic heterocycles. The first-order chi connectivity index (χ1) is 11.4. The van der Waals surface area contributed by atoms with Gasteiger partial charge in [-0.3, -0.25) is 4.79 Å². The topological polar surface area (TPSA) is 112 Å². The number of thioether (sulfide) groups is 1. The number of nitrogens with one attached hydrogen (secondary N) is 1. The Balaban J connectivity index is 2.13. The van der Waals surface area contributed by atoms with E-state index in [-0.39, 0.29) is 11.6 Å². The number of ether oxygens (including phenoxy) is 2. The van der Waals surface area contributed by atoms with Gasteiger partial charge in [0.15, 0.2) is 5.17 Å². The van der Waals surface area contributed by atoms with Gasteiger partial charge in [0, 0.05) is 24.0 Å². The van der Waals surface area contributed by atoms with E-state index in [1.165, 1.54) is 13.3 Å². The fourth-order valence-corrected chi connectivity index (χ4v) is 3.30. The molecule has 0 aromatic heterocycles. The molecule has 10 heteroatoms. The normalized spacial score (nSPS) is 18.9. The van der Waals surface area contributed by atoms with E-state index in [2.05, 4.69) is 31.4 Å². The molecule has 0 aliphatic carbocycles. The summed E-state index contributed by atoms with van der Waals surface area (Å²) in [5.41, 5.74) is 0.648. The maximum Gasteiger partial charge on any atom is 0.239 e. The Morgan fingerprint density at radius 2 is 2.12 bits per heavy atom. The third kappa shape index (κ3) is 4.48. The molecule has 1 N–H and O–H groups in total. The van der Waals surface area contributed by atoms with Gasteiger partial charge < -0.3 is 24.7 Å². The number of aliphatic carboxylic acids is 1. The Labute approximate surface area is 150 Å². The lowest BCUT2D eigenvalue weighted by molar-refractivity contribution is -0.305. The highest BCUT2D eigenvalue weighted by atomic mass is 79.9. The second-order valence-electron chi connectivity index (χ2n) is 4.55. The van der Waals surface area contributed by atoms with Crippen molar-refractivity contribution in [3.05, 3.63) is 22.2 Å². The summed E-state index contributed by atoms with van der Waals surface area (Å²) in [5.74, 6) is -0.570. The lowest BCUT2D eigenvalue weighted by atomic mass is 10.2. The predicted octanol–water partition coefficient (Wildman–Crippen LogP) is 0.528. The van der Waals surface area contributed by atoms with Crippen molar-refractivity contribution in [1.29, 1.82) is 0 Å². The molecule has 2 rings (SSSR count). The molecule has 0 radical (unpaired) electrons. The minimum Gasteiger partial charge on any atom is -0.550 e. The van der Waals surface area contributed by atoms with Gasteiger partial charge in [0.1, 0.15) is 11.5 Å². The molecule has 0 saturated carbocycles. The molecule has 128 valence electrons. The van der Waals surface area contributed by atoms with Crippen molar-refractivity contribution in [3.63, 3.8) is 0 Å². The van der Waals surface area contributed by atoms with Gasteiger partial charge in [-0.25, -0.2) is 0 Å². The second-order valence-corrected chi connectivity index (χ2v) is 6.60. The Morgan fingerprint density at radius 3 is 2.75 bits per heavy atom. The molecule has 1 saturated heterocycles. The van der Waals surface area contributed by atoms with Crippen LogP contribution in [0.4, 0.5) is 0 Å². The minimum atomic E-state index is -1.29. The summed E-state index contributed by atoms with van der Waals surface area (Å²) in [6.07, 6.45) is 1.08. The minimum absolute atomic E-state index is 0.231. The Hall–Kier alpha value is -2.07. The molecule has 1 aromatic rings. The van der Waals surface area contributed by atoms with Crippen molar-refractivity contribution in [3.8, 4) is 11.5 Å². The van der Waals surface area contributed by atoms with Crippen molar-refractivity contribution < 1.29 is 24.2 Å². The number of amidine groups is 1. The number of halogens is 1. The summed E-state index contributed by atoms with van der Waals surface area (Å²) in [4.78, 5) is 22.1. The summed E-state index contributed by atoms with van der Waals surface area (Å²) in [5, 5.41) is 20.3. The van der Waals surface area contributed by atoms with E-state index < -0.39 is 17.1 Å². The van der Waals surface area contributed by atoms with Crippen molar-refractivity contribution in [2.45, 2.75) is 11.7 Å². The lowest BCUT2D eigenvalue weighted by Crippen LogP contribution is -2.31. The number of carboxylic acids is 1. The molecule has 1 atom stereocenters. The maximum atomic E-state index is 11.6. The first-order valence-electron chi connectivity index (χ1n) is 6.64. The largest absolute Gasteiger partial charge is 0.550 e. The number of carboxylic acid groups (broad SMARTS) is 1. The molecule has 24 heavy (non-hydrogen) atoms. The average Bonchev–Trinajstić information content (AvgIpc) is 2.86. The highest BCUT2D eigenvalue weighted by Crippen LogP contribution is 2.32. The number of hydrogen-bond acceptors (Lipinski definition) is 8. The number of nitrogens with zero attached hydrogens (tertiary/aromatic N) is 2. The van der Waals surface area contributed by atoms with Gasteiger partial charge in [0.25, 0.3) is 0 Å². The third-order valence-electron chi connectivity index (χ3n) is 2.98. The zero-order valence-electron chi connectivity index (χ0n) is 12.7. The van der Waals surface area contributed by atoms with Crippen molar-refractivity contribution in [2.24, 2.45) is 10.2 Å². The van der Waals surface area contributed by atoms with Gasteiger partial charge in [-0.15, -0.1) is 5.10 Å². The molecular formula is C14H13BrN3O5S-. The Kier molecular flexibility index (Phi) is 6.21. The monoisotopic (exact) mass is 414 g/mol. The zero-order chi connectivity index (χ0) is 17.7. The predicted molar refractivity (Wildman–Crippen MR) is 91.4 cm³/mol. The standard InChI is InChI=1S/C14H14BrN3O5S/c1-22-9-4-10(23-2)8(15)3-7(9)6-16-18-14-17-13(21)11(24-14)5-12(19)20/h3-4,6,11H,5H2,1-2H3,(H,19,20)(H,17,18,21)/p-1/b16-6-/t11-/m0/s1. The van der Waals surface area contributed by atoms with E-state index in [4.69, 9.17) is 9.47 Å². The molecule has 0 unspecified atom stereocenters. The van der Waals surface area contributed by atoms with E-state index >= 15 is 0 Å². The molecule has 1 aromatic carbocycles. The number of hydrogen-bond donors (Lipinski definition) is 1.